The number of amides is 1. The first-order valence-corrected chi connectivity index (χ1v) is 9.67. The van der Waals surface area contributed by atoms with Crippen LogP contribution in [-0.4, -0.2) is 40.0 Å². The second kappa shape index (κ2) is 7.67. The Balaban J connectivity index is 1.72. The molecule has 0 aliphatic heterocycles. The molecule has 0 bridgehead atoms. The molecule has 2 aromatic heterocycles. The largest absolute Gasteiger partial charge is 0.396 e. The van der Waals surface area contributed by atoms with Gasteiger partial charge in [0.25, 0.3) is 11.5 Å². The number of Topliss-reactive ketones (excluding diaryl/α,β-unsaturated/α-hetero) is 1. The lowest BCUT2D eigenvalue weighted by Gasteiger charge is -2.12. The maximum Gasteiger partial charge on any atom is 0.263 e. The van der Waals surface area contributed by atoms with Gasteiger partial charge in [0, 0.05) is 48.9 Å². The minimum absolute atomic E-state index is 0.0471. The zero-order chi connectivity index (χ0) is 20.5. The van der Waals surface area contributed by atoms with Crippen LogP contribution in [-0.2, 0) is 6.54 Å². The molecule has 1 saturated carbocycles. The third kappa shape index (κ3) is 3.73. The van der Waals surface area contributed by atoms with E-state index in [1.54, 1.807) is 6.20 Å². The van der Waals surface area contributed by atoms with Crippen molar-refractivity contribution in [2.75, 3.05) is 13.7 Å². The first-order chi connectivity index (χ1) is 14.0. The van der Waals surface area contributed by atoms with E-state index >= 15 is 0 Å². The summed E-state index contributed by atoms with van der Waals surface area (Å²) in [7, 11) is 1.46. The quantitative estimate of drug-likeness (QED) is 0.534. The van der Waals surface area contributed by atoms with Gasteiger partial charge in [0.1, 0.15) is 5.56 Å². The van der Waals surface area contributed by atoms with Gasteiger partial charge in [-0.2, -0.15) is 0 Å². The Morgan fingerprint density at radius 1 is 1.28 bits per heavy atom. The van der Waals surface area contributed by atoms with Crippen molar-refractivity contribution in [1.82, 2.24) is 14.9 Å². The Hall–Kier alpha value is -3.19. The highest BCUT2D eigenvalue weighted by atomic mass is 16.3. The zero-order valence-electron chi connectivity index (χ0n) is 16.1. The van der Waals surface area contributed by atoms with Crippen LogP contribution < -0.4 is 10.9 Å². The number of aromatic amines is 1. The number of carbonyl (C=O) groups is 2. The molecule has 29 heavy (non-hydrogen) atoms. The molecule has 150 valence electrons. The number of aliphatic hydroxyl groups is 1. The van der Waals surface area contributed by atoms with Crippen molar-refractivity contribution in [1.29, 1.82) is 0 Å². The number of hydrogen-bond donors (Lipinski definition) is 3. The molecule has 2 heterocycles. The molecule has 1 aliphatic carbocycles. The van der Waals surface area contributed by atoms with Gasteiger partial charge in [0.15, 0.2) is 5.78 Å². The number of aliphatic hydroxyl groups excluding tert-OH is 1. The van der Waals surface area contributed by atoms with Gasteiger partial charge >= 0.3 is 0 Å². The van der Waals surface area contributed by atoms with E-state index in [2.05, 4.69) is 10.3 Å². The van der Waals surface area contributed by atoms with E-state index in [0.717, 1.165) is 22.9 Å². The lowest BCUT2D eigenvalue weighted by Crippen LogP contribution is -2.32. The molecular weight excluding hydrogens is 370 g/mol. The predicted octanol–water partition coefficient (Wildman–Crippen LogP) is 1.94. The average molecular weight is 393 g/mol. The van der Waals surface area contributed by atoms with E-state index in [4.69, 9.17) is 0 Å². The van der Waals surface area contributed by atoms with Crippen LogP contribution in [0.3, 0.4) is 0 Å². The summed E-state index contributed by atoms with van der Waals surface area (Å²) in [5.74, 6) is -0.290. The number of hydrogen-bond acceptors (Lipinski definition) is 4. The number of H-pyrrole nitrogens is 1. The molecule has 0 saturated heterocycles. The topological polar surface area (TPSA) is 104 Å². The van der Waals surface area contributed by atoms with Crippen molar-refractivity contribution in [3.63, 3.8) is 0 Å². The maximum atomic E-state index is 12.9. The van der Waals surface area contributed by atoms with Crippen molar-refractivity contribution in [2.24, 2.45) is 11.8 Å². The van der Waals surface area contributed by atoms with E-state index in [9.17, 15) is 19.5 Å². The molecular formula is C22H23N3O4. The Kier molecular flexibility index (Phi) is 5.07. The SMILES string of the molecule is CNC(=O)c1cc(C(=O)CC2CC2CO)cn(Cc2cccc3[nH]ccc23)c1=O. The van der Waals surface area contributed by atoms with Gasteiger partial charge in [-0.1, -0.05) is 12.1 Å². The number of pyridine rings is 1. The number of ketones is 1. The van der Waals surface area contributed by atoms with Crippen LogP contribution in [0.5, 0.6) is 0 Å². The monoisotopic (exact) mass is 393 g/mol. The van der Waals surface area contributed by atoms with Crippen molar-refractivity contribution in [3.8, 4) is 0 Å². The fourth-order valence-corrected chi connectivity index (χ4v) is 3.81. The van der Waals surface area contributed by atoms with Gasteiger partial charge < -0.3 is 20.0 Å². The smallest absolute Gasteiger partial charge is 0.263 e. The number of benzene rings is 1. The lowest BCUT2D eigenvalue weighted by atomic mass is 10.0. The summed E-state index contributed by atoms with van der Waals surface area (Å²) < 4.78 is 1.43. The summed E-state index contributed by atoms with van der Waals surface area (Å²) in [6.45, 7) is 0.337. The molecule has 0 radical (unpaired) electrons. The molecule has 2 atom stereocenters. The number of nitrogens with zero attached hydrogens (tertiary/aromatic N) is 1. The van der Waals surface area contributed by atoms with Gasteiger partial charge in [-0.25, -0.2) is 0 Å². The van der Waals surface area contributed by atoms with Gasteiger partial charge in [-0.3, -0.25) is 14.4 Å². The van der Waals surface area contributed by atoms with Crippen LogP contribution in [0.4, 0.5) is 0 Å². The standard InChI is InChI=1S/C22H23N3O4/c1-23-21(28)18-8-15(20(27)9-14-7-16(14)12-26)11-25(22(18)29)10-13-3-2-4-19-17(13)5-6-24-19/h2-6,8,11,14,16,24,26H,7,9-10,12H2,1H3,(H,23,28). The molecule has 1 aliphatic rings. The number of rotatable bonds is 7. The molecule has 7 nitrogen and oxygen atoms in total. The van der Waals surface area contributed by atoms with Crippen molar-refractivity contribution >= 4 is 22.6 Å². The summed E-state index contributed by atoms with van der Waals surface area (Å²) in [5.41, 5.74) is 1.73. The number of carbonyl (C=O) groups excluding carboxylic acids is 2. The fourth-order valence-electron chi connectivity index (χ4n) is 3.81. The second-order valence-electron chi connectivity index (χ2n) is 7.58. The predicted molar refractivity (Wildman–Crippen MR) is 109 cm³/mol. The molecule has 1 aromatic carbocycles. The van der Waals surface area contributed by atoms with Crippen LogP contribution in [0.25, 0.3) is 10.9 Å². The van der Waals surface area contributed by atoms with Gasteiger partial charge in [0.05, 0.1) is 6.54 Å². The van der Waals surface area contributed by atoms with Crippen LogP contribution in [0.2, 0.25) is 0 Å². The third-order valence-corrected chi connectivity index (χ3v) is 5.66. The van der Waals surface area contributed by atoms with E-state index in [-0.39, 0.29) is 36.3 Å². The van der Waals surface area contributed by atoms with Crippen LogP contribution in [0.15, 0.2) is 47.5 Å². The van der Waals surface area contributed by atoms with E-state index in [0.29, 0.717) is 12.0 Å². The first kappa shape index (κ1) is 19.1. The minimum atomic E-state index is -0.516. The molecule has 0 spiro atoms. The fraction of sp³-hybridized carbons (Fsp3) is 0.318. The lowest BCUT2D eigenvalue weighted by molar-refractivity contribution is 0.0961. The summed E-state index contributed by atoms with van der Waals surface area (Å²) in [6.07, 6.45) is 4.52. The molecule has 4 rings (SSSR count). The van der Waals surface area contributed by atoms with Gasteiger partial charge in [-0.15, -0.1) is 0 Å². The Labute approximate surface area is 167 Å². The highest BCUT2D eigenvalue weighted by molar-refractivity contribution is 6.00. The van der Waals surface area contributed by atoms with Gasteiger partial charge in [-0.05, 0) is 42.0 Å². The van der Waals surface area contributed by atoms with Crippen LogP contribution in [0.1, 0.15) is 39.1 Å². The molecule has 1 fully saturated rings. The minimum Gasteiger partial charge on any atom is -0.396 e. The highest BCUT2D eigenvalue weighted by Gasteiger charge is 2.38. The summed E-state index contributed by atoms with van der Waals surface area (Å²) >= 11 is 0. The average Bonchev–Trinajstić information content (AvgIpc) is 3.29. The number of aromatic nitrogens is 2. The van der Waals surface area contributed by atoms with Crippen molar-refractivity contribution in [3.05, 3.63) is 69.8 Å². The number of fused-ring (bicyclic) bond motifs is 1. The van der Waals surface area contributed by atoms with Crippen LogP contribution in [0, 0.1) is 11.8 Å². The third-order valence-electron chi connectivity index (χ3n) is 5.66. The Morgan fingerprint density at radius 2 is 2.10 bits per heavy atom. The van der Waals surface area contributed by atoms with Crippen LogP contribution >= 0.6 is 0 Å². The number of nitrogens with one attached hydrogen (secondary N) is 2. The Morgan fingerprint density at radius 3 is 2.83 bits per heavy atom. The van der Waals surface area contributed by atoms with E-state index < -0.39 is 11.5 Å². The first-order valence-electron chi connectivity index (χ1n) is 9.67. The molecule has 3 N–H and O–H groups in total. The second-order valence-corrected chi connectivity index (χ2v) is 7.58. The summed E-state index contributed by atoms with van der Waals surface area (Å²) in [6, 6.07) is 9.09. The van der Waals surface area contributed by atoms with E-state index in [1.165, 1.54) is 17.7 Å². The maximum absolute atomic E-state index is 12.9. The summed E-state index contributed by atoms with van der Waals surface area (Å²) in [4.78, 5) is 41.1. The van der Waals surface area contributed by atoms with Crippen molar-refractivity contribution < 1.29 is 14.7 Å². The normalized spacial score (nSPS) is 18.0. The zero-order valence-corrected chi connectivity index (χ0v) is 16.1. The summed E-state index contributed by atoms with van der Waals surface area (Å²) in [5, 5.41) is 12.7. The molecule has 1 amide bonds. The van der Waals surface area contributed by atoms with Crippen molar-refractivity contribution in [2.45, 2.75) is 19.4 Å². The van der Waals surface area contributed by atoms with Gasteiger partial charge in [0.2, 0.25) is 0 Å². The molecule has 7 heteroatoms. The Bertz CT molecular complexity index is 1140. The van der Waals surface area contributed by atoms with E-state index in [1.807, 2.05) is 30.5 Å². The molecule has 3 aromatic rings. The molecule has 2 unspecified atom stereocenters. The highest BCUT2D eigenvalue weighted by Crippen LogP contribution is 2.41.